The number of alkyl carbamates (subject to hydrolysis) is 1. The van der Waals surface area contributed by atoms with Gasteiger partial charge < -0.3 is 20.5 Å². The van der Waals surface area contributed by atoms with Crippen molar-refractivity contribution in [2.45, 2.75) is 56.4 Å². The number of carbonyl (C=O) groups excluding carboxylic acids is 2. The Hall–Kier alpha value is -3.35. The van der Waals surface area contributed by atoms with Crippen molar-refractivity contribution >= 4 is 18.0 Å². The average Bonchev–Trinajstić information content (AvgIpc) is 3.42. The number of carboxylic acid groups (broad SMARTS) is 1. The molecule has 0 spiro atoms. The van der Waals surface area contributed by atoms with E-state index in [1.807, 2.05) is 24.3 Å². The molecular formula is C28H32N2O5. The maximum atomic E-state index is 13.0. The predicted molar refractivity (Wildman–Crippen MR) is 131 cm³/mol. The molecular weight excluding hydrogens is 444 g/mol. The third-order valence-corrected chi connectivity index (χ3v) is 8.04. The lowest BCUT2D eigenvalue weighted by Gasteiger charge is -2.42. The highest BCUT2D eigenvalue weighted by Crippen LogP contribution is 2.44. The second kappa shape index (κ2) is 9.72. The van der Waals surface area contributed by atoms with E-state index in [9.17, 15) is 19.5 Å². The minimum absolute atomic E-state index is 0.00561. The van der Waals surface area contributed by atoms with E-state index in [1.165, 1.54) is 22.3 Å². The number of carboxylic acids is 1. The van der Waals surface area contributed by atoms with Crippen LogP contribution in [-0.4, -0.2) is 41.8 Å². The SMILES string of the molecule is O=C(O)CC1(NC(=O)[C@H]2CCC[C@H]2CNC(=O)OCC2c3ccccc3-c3ccccc32)CCC1. The Labute approximate surface area is 205 Å². The maximum Gasteiger partial charge on any atom is 0.407 e. The van der Waals surface area contributed by atoms with Crippen molar-refractivity contribution in [3.8, 4) is 11.1 Å². The molecule has 2 aromatic rings. The van der Waals surface area contributed by atoms with E-state index in [4.69, 9.17) is 4.74 Å². The fourth-order valence-electron chi connectivity index (χ4n) is 6.08. The van der Waals surface area contributed by atoms with Crippen LogP contribution < -0.4 is 10.6 Å². The second-order valence-electron chi connectivity index (χ2n) is 10.2. The van der Waals surface area contributed by atoms with E-state index < -0.39 is 17.6 Å². The van der Waals surface area contributed by atoms with Crippen LogP contribution in [0.3, 0.4) is 0 Å². The first-order chi connectivity index (χ1) is 17.0. The molecule has 0 bridgehead atoms. The first-order valence-electron chi connectivity index (χ1n) is 12.6. The molecule has 35 heavy (non-hydrogen) atoms. The Morgan fingerprint density at radius 3 is 2.20 bits per heavy atom. The van der Waals surface area contributed by atoms with Crippen molar-refractivity contribution in [2.75, 3.05) is 13.2 Å². The van der Waals surface area contributed by atoms with Crippen LogP contribution in [0.25, 0.3) is 11.1 Å². The van der Waals surface area contributed by atoms with Gasteiger partial charge in [-0.25, -0.2) is 4.79 Å². The number of hydrogen-bond acceptors (Lipinski definition) is 4. The van der Waals surface area contributed by atoms with Gasteiger partial charge in [0.2, 0.25) is 5.91 Å². The lowest BCUT2D eigenvalue weighted by atomic mass is 9.74. The van der Waals surface area contributed by atoms with Crippen LogP contribution in [0, 0.1) is 11.8 Å². The van der Waals surface area contributed by atoms with E-state index >= 15 is 0 Å². The molecule has 0 aliphatic heterocycles. The first kappa shape index (κ1) is 23.4. The monoisotopic (exact) mass is 476 g/mol. The first-order valence-corrected chi connectivity index (χ1v) is 12.6. The van der Waals surface area contributed by atoms with Crippen molar-refractivity contribution in [1.82, 2.24) is 10.6 Å². The molecule has 0 heterocycles. The van der Waals surface area contributed by atoms with Gasteiger partial charge in [-0.05, 0) is 60.3 Å². The van der Waals surface area contributed by atoms with Crippen LogP contribution in [0.2, 0.25) is 0 Å². The van der Waals surface area contributed by atoms with Gasteiger partial charge in [0.1, 0.15) is 6.61 Å². The van der Waals surface area contributed by atoms with Gasteiger partial charge in [0, 0.05) is 18.4 Å². The molecule has 2 saturated carbocycles. The molecule has 2 aromatic carbocycles. The standard InChI is InChI=1S/C28H32N2O5/c31-25(32)15-28(13-6-14-28)30-26(33)19-12-5-7-18(19)16-29-27(34)35-17-24-22-10-3-1-8-20(22)21-9-2-4-11-23(21)24/h1-4,8-11,18-19,24H,5-7,12-17H2,(H,29,34)(H,30,33)(H,31,32)/t18-,19-/m0/s1. The zero-order valence-corrected chi connectivity index (χ0v) is 19.8. The van der Waals surface area contributed by atoms with Crippen LogP contribution >= 0.6 is 0 Å². The fraction of sp³-hybridized carbons (Fsp3) is 0.464. The molecule has 0 aromatic heterocycles. The summed E-state index contributed by atoms with van der Waals surface area (Å²) in [6.07, 6.45) is 4.38. The molecule has 3 aliphatic carbocycles. The van der Waals surface area contributed by atoms with E-state index in [2.05, 4.69) is 34.9 Å². The highest BCUT2D eigenvalue weighted by atomic mass is 16.5. The van der Waals surface area contributed by atoms with Crippen LogP contribution in [0.15, 0.2) is 48.5 Å². The smallest absolute Gasteiger partial charge is 0.407 e. The quantitative estimate of drug-likeness (QED) is 0.522. The lowest BCUT2D eigenvalue weighted by molar-refractivity contribution is -0.141. The normalized spacial score (nSPS) is 21.9. The Balaban J connectivity index is 1.14. The van der Waals surface area contributed by atoms with Gasteiger partial charge in [-0.3, -0.25) is 9.59 Å². The summed E-state index contributed by atoms with van der Waals surface area (Å²) < 4.78 is 5.63. The highest BCUT2D eigenvalue weighted by molar-refractivity contribution is 5.82. The van der Waals surface area contributed by atoms with Crippen LogP contribution in [0.1, 0.15) is 62.0 Å². The molecule has 7 nitrogen and oxygen atoms in total. The number of rotatable bonds is 8. The van der Waals surface area contributed by atoms with Crippen molar-refractivity contribution in [1.29, 1.82) is 0 Å². The topological polar surface area (TPSA) is 105 Å². The van der Waals surface area contributed by atoms with Crippen molar-refractivity contribution in [3.63, 3.8) is 0 Å². The van der Waals surface area contributed by atoms with E-state index in [0.29, 0.717) is 19.4 Å². The average molecular weight is 477 g/mol. The van der Waals surface area contributed by atoms with Gasteiger partial charge in [0.15, 0.2) is 0 Å². The van der Waals surface area contributed by atoms with Gasteiger partial charge in [-0.15, -0.1) is 0 Å². The van der Waals surface area contributed by atoms with E-state index in [1.54, 1.807) is 0 Å². The number of fused-ring (bicyclic) bond motifs is 3. The Morgan fingerprint density at radius 1 is 0.943 bits per heavy atom. The molecule has 2 fully saturated rings. The predicted octanol–water partition coefficient (Wildman–Crippen LogP) is 4.46. The van der Waals surface area contributed by atoms with Crippen LogP contribution in [0.4, 0.5) is 4.79 Å². The number of ether oxygens (including phenoxy) is 1. The Kier molecular flexibility index (Phi) is 6.50. The van der Waals surface area contributed by atoms with Gasteiger partial charge in [0.05, 0.1) is 12.0 Å². The van der Waals surface area contributed by atoms with Crippen molar-refractivity contribution in [3.05, 3.63) is 59.7 Å². The third-order valence-electron chi connectivity index (χ3n) is 8.04. The van der Waals surface area contributed by atoms with Gasteiger partial charge in [-0.2, -0.15) is 0 Å². The van der Waals surface area contributed by atoms with Gasteiger partial charge in [0.25, 0.3) is 0 Å². The van der Waals surface area contributed by atoms with Gasteiger partial charge in [-0.1, -0.05) is 55.0 Å². The van der Waals surface area contributed by atoms with E-state index in [0.717, 1.165) is 25.7 Å². The number of benzene rings is 2. The molecule has 2 amide bonds. The number of amides is 2. The summed E-state index contributed by atoms with van der Waals surface area (Å²) in [5.74, 6) is -1.15. The fourth-order valence-corrected chi connectivity index (χ4v) is 6.08. The molecule has 0 radical (unpaired) electrons. The largest absolute Gasteiger partial charge is 0.481 e. The van der Waals surface area contributed by atoms with Crippen molar-refractivity contribution in [2.24, 2.45) is 11.8 Å². The number of nitrogens with one attached hydrogen (secondary N) is 2. The summed E-state index contributed by atoms with van der Waals surface area (Å²) in [4.78, 5) is 36.8. The Bertz CT molecular complexity index is 1080. The summed E-state index contributed by atoms with van der Waals surface area (Å²) in [5.41, 5.74) is 4.10. The van der Waals surface area contributed by atoms with Crippen LogP contribution in [0.5, 0.6) is 0 Å². The van der Waals surface area contributed by atoms with Crippen molar-refractivity contribution < 1.29 is 24.2 Å². The number of aliphatic carboxylic acids is 1. The summed E-state index contributed by atoms with van der Waals surface area (Å²) in [6.45, 7) is 0.632. The summed E-state index contributed by atoms with van der Waals surface area (Å²) in [6, 6.07) is 16.4. The third kappa shape index (κ3) is 4.77. The molecule has 3 aliphatic rings. The Morgan fingerprint density at radius 2 is 1.60 bits per heavy atom. The summed E-state index contributed by atoms with van der Waals surface area (Å²) >= 11 is 0. The van der Waals surface area contributed by atoms with Gasteiger partial charge >= 0.3 is 12.1 Å². The molecule has 2 atom stereocenters. The van der Waals surface area contributed by atoms with Crippen LogP contribution in [-0.2, 0) is 14.3 Å². The number of carbonyl (C=O) groups is 3. The number of hydrogen-bond donors (Lipinski definition) is 3. The zero-order chi connectivity index (χ0) is 24.4. The molecule has 184 valence electrons. The molecule has 7 heteroatoms. The molecule has 0 unspecified atom stereocenters. The molecule has 5 rings (SSSR count). The zero-order valence-electron chi connectivity index (χ0n) is 19.8. The minimum Gasteiger partial charge on any atom is -0.481 e. The minimum atomic E-state index is -0.884. The summed E-state index contributed by atoms with van der Waals surface area (Å²) in [7, 11) is 0. The molecule has 0 saturated heterocycles. The second-order valence-corrected chi connectivity index (χ2v) is 10.2. The molecule has 3 N–H and O–H groups in total. The summed E-state index contributed by atoms with van der Waals surface area (Å²) in [5, 5.41) is 15.1. The highest BCUT2D eigenvalue weighted by Gasteiger charge is 2.43. The maximum absolute atomic E-state index is 13.0. The lowest BCUT2D eigenvalue weighted by Crippen LogP contribution is -2.56. The van der Waals surface area contributed by atoms with E-state index in [-0.39, 0.29) is 36.7 Å².